The molecule has 7 heterocycles. The zero-order valence-corrected chi connectivity index (χ0v) is 32.3. The van der Waals surface area contributed by atoms with Gasteiger partial charge in [-0.3, -0.25) is 39.2 Å². The fourth-order valence-corrected chi connectivity index (χ4v) is 10.9. The van der Waals surface area contributed by atoms with Gasteiger partial charge in [-0.15, -0.1) is 0 Å². The monoisotopic (exact) mass is 792 g/mol. The van der Waals surface area contributed by atoms with E-state index in [1.54, 1.807) is 17.3 Å². The van der Waals surface area contributed by atoms with Crippen molar-refractivity contribution in [3.8, 4) is 0 Å². The number of fused-ring (bicyclic) bond motifs is 5. The van der Waals surface area contributed by atoms with E-state index in [0.29, 0.717) is 42.5 Å². The van der Waals surface area contributed by atoms with Gasteiger partial charge in [0.25, 0.3) is 17.7 Å². The van der Waals surface area contributed by atoms with Crippen molar-refractivity contribution in [1.82, 2.24) is 35.0 Å². The molecule has 3 fully saturated rings. The van der Waals surface area contributed by atoms with Crippen LogP contribution in [-0.4, -0.2) is 109 Å². The van der Waals surface area contributed by atoms with Crippen molar-refractivity contribution in [1.29, 1.82) is 0 Å². The first-order valence-corrected chi connectivity index (χ1v) is 20.4. The van der Waals surface area contributed by atoms with Crippen LogP contribution in [0.15, 0.2) is 48.8 Å². The van der Waals surface area contributed by atoms with Crippen LogP contribution in [-0.2, 0) is 29.1 Å². The van der Waals surface area contributed by atoms with Crippen molar-refractivity contribution in [2.24, 2.45) is 11.3 Å². The highest BCUT2D eigenvalue weighted by Crippen LogP contribution is 2.53. The Balaban J connectivity index is 0.760. The average molecular weight is 793 g/mol. The average Bonchev–Trinajstić information content (AvgIpc) is 3.84. The standard InChI is InChI=1S/C43H46F2N8O5/c1-24-12-30-29-4-2-3-5-33(29)48-36(30)37(52(24)22-43(44,45)23-54)28-17-46-41(47-18-28)51-10-8-42(9-11-51)15-25(16-42)19-50-20-26-13-31-32(14-27(26)21-50)40(58)53(39(31)57)34-6-7-35(55)49-38(34)56/h2-5,13-14,17-18,24-25,34,37,48,54H,6-12,15-16,19-23H2,1H3,(H,49,55,56)/t24-,34?,37-/m1/s1. The molecule has 15 heteroatoms. The van der Waals surface area contributed by atoms with Crippen LogP contribution in [0.1, 0.15) is 100 Å². The van der Waals surface area contributed by atoms with Crippen molar-refractivity contribution in [2.75, 3.05) is 37.7 Å². The number of anilines is 1. The Morgan fingerprint density at radius 3 is 2.29 bits per heavy atom. The molecule has 0 radical (unpaired) electrons. The van der Waals surface area contributed by atoms with E-state index in [1.165, 1.54) is 0 Å². The number of imide groups is 2. The van der Waals surface area contributed by atoms with Crippen LogP contribution < -0.4 is 10.2 Å². The highest BCUT2D eigenvalue weighted by molar-refractivity contribution is 6.23. The maximum atomic E-state index is 14.7. The summed E-state index contributed by atoms with van der Waals surface area (Å²) in [5, 5.41) is 12.8. The number of H-pyrrole nitrogens is 1. The second kappa shape index (κ2) is 13.7. The summed E-state index contributed by atoms with van der Waals surface area (Å²) in [6.45, 7) is 4.19. The molecule has 1 spiro atoms. The maximum Gasteiger partial charge on any atom is 0.283 e. The normalized spacial score (nSPS) is 25.0. The number of rotatable bonds is 8. The minimum absolute atomic E-state index is 0.0914. The van der Waals surface area contributed by atoms with E-state index in [0.717, 1.165) is 89.1 Å². The number of nitrogens with zero attached hydrogens (tertiary/aromatic N) is 6. The number of carbonyl (C=O) groups excluding carboxylic acids is 4. The molecule has 2 aromatic carbocycles. The molecule has 58 heavy (non-hydrogen) atoms. The van der Waals surface area contributed by atoms with Crippen LogP contribution in [0.25, 0.3) is 10.9 Å². The number of carbonyl (C=O) groups is 4. The van der Waals surface area contributed by atoms with E-state index >= 15 is 0 Å². The molecule has 1 saturated carbocycles. The van der Waals surface area contributed by atoms with Crippen molar-refractivity contribution in [2.45, 2.75) is 89.0 Å². The number of aliphatic hydroxyl groups is 1. The number of piperidine rings is 2. The molecule has 3 atom stereocenters. The second-order valence-electron chi connectivity index (χ2n) is 17.6. The number of benzene rings is 2. The minimum atomic E-state index is -3.25. The van der Waals surface area contributed by atoms with Crippen LogP contribution in [0.4, 0.5) is 14.7 Å². The third kappa shape index (κ3) is 6.20. The number of amides is 4. The van der Waals surface area contributed by atoms with E-state index in [-0.39, 0.29) is 24.3 Å². The topological polar surface area (TPSA) is 155 Å². The quantitative estimate of drug-likeness (QED) is 0.220. The summed E-state index contributed by atoms with van der Waals surface area (Å²) >= 11 is 0. The fourth-order valence-electron chi connectivity index (χ4n) is 10.9. The largest absolute Gasteiger partial charge is 0.390 e. The molecule has 1 unspecified atom stereocenters. The zero-order valence-electron chi connectivity index (χ0n) is 32.3. The van der Waals surface area contributed by atoms with Gasteiger partial charge >= 0.3 is 0 Å². The Morgan fingerprint density at radius 2 is 1.64 bits per heavy atom. The molecule has 5 aliphatic heterocycles. The fraction of sp³-hybridized carbons (Fsp3) is 0.488. The zero-order chi connectivity index (χ0) is 40.1. The van der Waals surface area contributed by atoms with Gasteiger partial charge in [-0.2, -0.15) is 0 Å². The first-order chi connectivity index (χ1) is 27.9. The van der Waals surface area contributed by atoms with Gasteiger partial charge in [0.15, 0.2) is 0 Å². The Hall–Kier alpha value is -5.12. The number of alkyl halides is 2. The smallest absolute Gasteiger partial charge is 0.283 e. The van der Waals surface area contributed by atoms with Gasteiger partial charge in [0.2, 0.25) is 17.8 Å². The summed E-state index contributed by atoms with van der Waals surface area (Å²) in [6, 6.07) is 9.98. The van der Waals surface area contributed by atoms with E-state index in [1.807, 2.05) is 37.3 Å². The predicted octanol–water partition coefficient (Wildman–Crippen LogP) is 4.34. The van der Waals surface area contributed by atoms with Crippen LogP contribution in [0.3, 0.4) is 0 Å². The lowest BCUT2D eigenvalue weighted by Gasteiger charge is -2.53. The highest BCUT2D eigenvalue weighted by atomic mass is 19.3. The molecule has 2 saturated heterocycles. The highest BCUT2D eigenvalue weighted by Gasteiger charge is 2.48. The van der Waals surface area contributed by atoms with Gasteiger partial charge < -0.3 is 15.0 Å². The molecule has 13 nitrogen and oxygen atoms in total. The number of aromatic amines is 1. The number of hydrogen-bond donors (Lipinski definition) is 3. The van der Waals surface area contributed by atoms with Gasteiger partial charge in [-0.25, -0.2) is 18.7 Å². The maximum absolute atomic E-state index is 14.7. The van der Waals surface area contributed by atoms with Crippen LogP contribution in [0.5, 0.6) is 0 Å². The lowest BCUT2D eigenvalue weighted by atomic mass is 9.57. The Labute approximate surface area is 333 Å². The SMILES string of the molecule is C[C@@H]1Cc2c([nH]c3ccccc23)[C@@H](c2cnc(N3CCC4(CC3)CC(CN3Cc5cc6c(cc5C3)C(=O)N(C3CCC(=O)NC3=O)C6=O)C4)nc2)N1CC(F)(F)CO. The van der Waals surface area contributed by atoms with E-state index in [9.17, 15) is 33.1 Å². The predicted molar refractivity (Wildman–Crippen MR) is 208 cm³/mol. The molecule has 302 valence electrons. The Morgan fingerprint density at radius 1 is 0.966 bits per heavy atom. The number of aromatic nitrogens is 3. The van der Waals surface area contributed by atoms with Crippen LogP contribution >= 0.6 is 0 Å². The van der Waals surface area contributed by atoms with Gasteiger partial charge in [0.1, 0.15) is 12.6 Å². The summed E-state index contributed by atoms with van der Waals surface area (Å²) in [6.07, 6.45) is 8.75. The Bertz CT molecular complexity index is 2300. The second-order valence-corrected chi connectivity index (χ2v) is 17.6. The van der Waals surface area contributed by atoms with Crippen molar-refractivity contribution >= 4 is 40.5 Å². The number of halogens is 2. The number of para-hydroxylation sites is 1. The summed E-state index contributed by atoms with van der Waals surface area (Å²) < 4.78 is 29.5. The molecule has 2 aromatic heterocycles. The third-order valence-corrected chi connectivity index (χ3v) is 13.8. The lowest BCUT2D eigenvalue weighted by Crippen LogP contribution is -2.54. The van der Waals surface area contributed by atoms with Crippen molar-refractivity contribution in [3.63, 3.8) is 0 Å². The summed E-state index contributed by atoms with van der Waals surface area (Å²) in [4.78, 5) is 71.3. The molecule has 3 N–H and O–H groups in total. The molecular weight excluding hydrogens is 747 g/mol. The first kappa shape index (κ1) is 37.2. The lowest BCUT2D eigenvalue weighted by molar-refractivity contribution is -0.136. The van der Waals surface area contributed by atoms with Crippen LogP contribution in [0, 0.1) is 11.3 Å². The molecule has 1 aliphatic carbocycles. The molecule has 4 aromatic rings. The number of hydrogen-bond acceptors (Lipinski definition) is 10. The molecular formula is C43H46F2N8O5. The molecule has 10 rings (SSSR count). The summed E-state index contributed by atoms with van der Waals surface area (Å²) in [5.74, 6) is -4.00. The van der Waals surface area contributed by atoms with Gasteiger partial charge in [0, 0.05) is 79.7 Å². The number of nitrogens with one attached hydrogen (secondary N) is 2. The Kier molecular flexibility index (Phi) is 8.80. The minimum Gasteiger partial charge on any atom is -0.390 e. The van der Waals surface area contributed by atoms with Crippen LogP contribution in [0.2, 0.25) is 0 Å². The summed E-state index contributed by atoms with van der Waals surface area (Å²) in [7, 11) is 0. The van der Waals surface area contributed by atoms with Crippen molar-refractivity contribution < 1.29 is 33.1 Å². The van der Waals surface area contributed by atoms with E-state index in [2.05, 4.69) is 26.2 Å². The van der Waals surface area contributed by atoms with Gasteiger partial charge in [-0.05, 0) is 91.7 Å². The third-order valence-electron chi connectivity index (χ3n) is 13.8. The molecule has 6 aliphatic rings. The van der Waals surface area contributed by atoms with Gasteiger partial charge in [-0.1, -0.05) is 18.2 Å². The first-order valence-electron chi connectivity index (χ1n) is 20.4. The number of aliphatic hydroxyl groups excluding tert-OH is 1. The van der Waals surface area contributed by atoms with Gasteiger partial charge in [0.05, 0.1) is 23.7 Å². The van der Waals surface area contributed by atoms with E-state index < -0.39 is 54.8 Å². The molecule has 4 amide bonds. The van der Waals surface area contributed by atoms with Crippen molar-refractivity contribution in [3.05, 3.63) is 87.9 Å². The molecule has 0 bridgehead atoms. The summed E-state index contributed by atoms with van der Waals surface area (Å²) in [5.41, 5.74) is 6.70. The van der Waals surface area contributed by atoms with E-state index in [4.69, 9.17) is 9.97 Å².